The van der Waals surface area contributed by atoms with Crippen LogP contribution in [0.15, 0.2) is 110 Å². The largest absolute Gasteiger partial charge is 0.508 e. The number of phenolic OH excluding ortho intramolecular Hbond substituents is 1. The monoisotopic (exact) mass is 1280 g/mol. The van der Waals surface area contributed by atoms with Crippen LogP contribution < -0.4 is 53.6 Å². The Morgan fingerprint density at radius 2 is 1.14 bits per heavy atom. The summed E-state index contributed by atoms with van der Waals surface area (Å²) in [6.45, 7) is -1.33. The van der Waals surface area contributed by atoms with Crippen molar-refractivity contribution < 1.29 is 63.0 Å². The van der Waals surface area contributed by atoms with E-state index in [9.17, 15) is 53.4 Å². The highest BCUT2D eigenvalue weighted by atomic mass is 16.3. The van der Waals surface area contributed by atoms with Crippen molar-refractivity contribution in [2.24, 2.45) is 5.73 Å². The minimum atomic E-state index is -1.76. The molecular formula is C63H73N17O13. The molecule has 11 amide bonds. The lowest BCUT2D eigenvalue weighted by Crippen LogP contribution is -2.68. The molecule has 0 bridgehead atoms. The molecule has 0 radical (unpaired) electrons. The molecule has 0 unspecified atom stereocenters. The van der Waals surface area contributed by atoms with Crippen LogP contribution in [-0.4, -0.2) is 184 Å². The van der Waals surface area contributed by atoms with Crippen molar-refractivity contribution in [3.05, 3.63) is 138 Å². The van der Waals surface area contributed by atoms with Gasteiger partial charge in [-0.15, -0.1) is 0 Å². The van der Waals surface area contributed by atoms with E-state index in [4.69, 9.17) is 5.73 Å². The Morgan fingerprint density at radius 1 is 0.602 bits per heavy atom. The van der Waals surface area contributed by atoms with Crippen LogP contribution in [0.5, 0.6) is 5.75 Å². The number of primary amides is 1. The maximum absolute atomic E-state index is 15.0. The van der Waals surface area contributed by atoms with Crippen LogP contribution in [0.3, 0.4) is 0 Å². The highest BCUT2D eigenvalue weighted by Gasteiger charge is 2.48. The molecular weight excluding hydrogens is 1200 g/mol. The van der Waals surface area contributed by atoms with Crippen LogP contribution in [0.1, 0.15) is 73.0 Å². The van der Waals surface area contributed by atoms with E-state index in [2.05, 4.69) is 77.8 Å². The first-order valence-corrected chi connectivity index (χ1v) is 30.6. The lowest BCUT2D eigenvalue weighted by Gasteiger charge is -2.42. The van der Waals surface area contributed by atoms with Gasteiger partial charge in [-0.05, 0) is 79.5 Å². The molecule has 3 fully saturated rings. The molecule has 1 saturated carbocycles. The number of nitrogens with one attached hydrogen (secondary N) is 13. The molecule has 93 heavy (non-hydrogen) atoms. The van der Waals surface area contributed by atoms with Crippen molar-refractivity contribution in [3.8, 4) is 5.75 Å². The van der Waals surface area contributed by atoms with Crippen molar-refractivity contribution in [2.75, 3.05) is 19.7 Å². The predicted octanol–water partition coefficient (Wildman–Crippen LogP) is -1.87. The first-order valence-electron chi connectivity index (χ1n) is 30.6. The van der Waals surface area contributed by atoms with Gasteiger partial charge in [-0.25, -0.2) is 9.97 Å². The van der Waals surface area contributed by atoms with Crippen LogP contribution in [0, 0.1) is 0 Å². The van der Waals surface area contributed by atoms with Crippen molar-refractivity contribution in [3.63, 3.8) is 0 Å². The number of aliphatic hydroxyl groups is 1. The fourth-order valence-electron chi connectivity index (χ4n) is 11.9. The van der Waals surface area contributed by atoms with E-state index in [1.165, 1.54) is 42.1 Å². The quantitative estimate of drug-likeness (QED) is 0.0244. The molecule has 2 saturated heterocycles. The Labute approximate surface area is 530 Å². The number of rotatable bonds is 29. The maximum Gasteiger partial charge on any atom is 0.246 e. The summed E-state index contributed by atoms with van der Waals surface area (Å²) in [4.78, 5) is 175. The zero-order valence-corrected chi connectivity index (χ0v) is 50.4. The number of imidazole rings is 2. The SMILES string of the molecule is NC(=O)CNC(=O)[C@H]1CCCN1C(=O)[C@H](Cc1ccc(O)cc1)NC(=O)[C@H](Cc1c[nH]c2ccccc12)NC(=O)C1(NC(=O)[C@@H](Cc2cnc[nH]2)NC(=O)[C@@H](CO)NC(=O)[C@@H](Cc2c[nH]c3ccccc23)NC(=O)[C@@H](Cc2cnc[nH]2)NC(=O)[C@H]2CCC(=O)N2)CCC1. The van der Waals surface area contributed by atoms with Crippen LogP contribution in [0.4, 0.5) is 0 Å². The summed E-state index contributed by atoms with van der Waals surface area (Å²) >= 11 is 0. The topological polar surface area (TPSA) is 455 Å². The molecule has 1 aliphatic carbocycles. The molecule has 10 rings (SSSR count). The van der Waals surface area contributed by atoms with Crippen LogP contribution >= 0.6 is 0 Å². The van der Waals surface area contributed by atoms with Crippen LogP contribution in [0.25, 0.3) is 21.8 Å². The van der Waals surface area contributed by atoms with Gasteiger partial charge in [0.2, 0.25) is 65.0 Å². The minimum Gasteiger partial charge on any atom is -0.508 e. The molecule has 488 valence electrons. The zero-order chi connectivity index (χ0) is 65.8. The summed E-state index contributed by atoms with van der Waals surface area (Å²) in [5, 5.41) is 46.5. The number of nitrogens with zero attached hydrogens (tertiary/aromatic N) is 3. The van der Waals surface area contributed by atoms with Crippen LogP contribution in [0.2, 0.25) is 0 Å². The van der Waals surface area contributed by atoms with Crippen molar-refractivity contribution in [1.82, 2.24) is 82.7 Å². The molecule has 30 heteroatoms. The number of nitrogens with two attached hydrogens (primary N) is 1. The zero-order valence-electron chi connectivity index (χ0n) is 50.4. The standard InChI is InChI=1S/C63H73N17O13/c64-52(83)30-69-60(91)51-11-5-20-80(51)61(92)49(21-34-12-14-39(82)15-13-34)76-56(87)46(23-36-27-68-43-10-4-2-8-41(36)43)78-62(93)63(18-6-19-63)79-59(90)48(25-38-29-66-33-71-38)75-58(89)50(31-81)77-55(86)45(22-35-26-67-42-9-3-1-7-40(35)42)73-57(88)47(24-37-28-65-32-70-37)74-54(85)44-16-17-53(84)72-44/h1-4,7-10,12-15,26-29,32-33,44-51,67-68,81-82H,5-6,11,16-25,30-31H2,(H2,64,83)(H,65,70)(H,66,71)(H,69,91)(H,72,84)(H,73,88)(H,74,85)(H,75,89)(H,76,87)(H,77,86)(H,78,93)(H,79,90)/t44-,45-,46+,47-,48-,49+,50-,51-/m1/s1. The third-order valence-corrected chi connectivity index (χ3v) is 17.1. The highest BCUT2D eigenvalue weighted by molar-refractivity contribution is 6.01. The molecule has 0 spiro atoms. The molecule has 3 aliphatic rings. The number of phenols is 1. The summed E-state index contributed by atoms with van der Waals surface area (Å²) < 4.78 is 0. The number of fused-ring (bicyclic) bond motifs is 2. The third-order valence-electron chi connectivity index (χ3n) is 17.1. The van der Waals surface area contributed by atoms with Gasteiger partial charge in [0, 0.05) is 103 Å². The molecule has 17 N–H and O–H groups in total. The van der Waals surface area contributed by atoms with E-state index in [-0.39, 0.29) is 82.4 Å². The molecule has 8 atom stereocenters. The maximum atomic E-state index is 15.0. The van der Waals surface area contributed by atoms with Gasteiger partial charge in [0.05, 0.1) is 25.8 Å². The number of benzene rings is 3. The molecule has 30 nitrogen and oxygen atoms in total. The third kappa shape index (κ3) is 16.0. The van der Waals surface area contributed by atoms with Gasteiger partial charge in [-0.2, -0.15) is 0 Å². The van der Waals surface area contributed by atoms with E-state index >= 15 is 9.59 Å². The molecule has 2 aliphatic heterocycles. The second-order valence-corrected chi connectivity index (χ2v) is 23.5. The Hall–Kier alpha value is -10.9. The summed E-state index contributed by atoms with van der Waals surface area (Å²) in [7, 11) is 0. The predicted molar refractivity (Wildman–Crippen MR) is 332 cm³/mol. The average Bonchev–Trinajstić information content (AvgIpc) is 1.82. The molecule has 4 aromatic heterocycles. The number of hydrogen-bond acceptors (Lipinski definition) is 15. The number of hydrogen-bond donors (Lipinski definition) is 16. The molecule has 6 heterocycles. The number of carbonyl (C=O) groups excluding carboxylic acids is 11. The van der Waals surface area contributed by atoms with Gasteiger partial charge in [0.25, 0.3) is 0 Å². The number of H-pyrrole nitrogens is 4. The number of likely N-dealkylation sites (tertiary alicyclic amines) is 1. The number of para-hydroxylation sites is 2. The van der Waals surface area contributed by atoms with Gasteiger partial charge in [0.1, 0.15) is 59.6 Å². The Kier molecular flexibility index (Phi) is 20.5. The normalized spacial score (nSPS) is 17.7. The van der Waals surface area contributed by atoms with Crippen LogP contribution in [-0.2, 0) is 84.8 Å². The summed E-state index contributed by atoms with van der Waals surface area (Å²) in [5.74, 6) is -8.30. The number of aromatic hydroxyl groups is 1. The Morgan fingerprint density at radius 3 is 1.67 bits per heavy atom. The van der Waals surface area contributed by atoms with Gasteiger partial charge < -0.3 is 88.6 Å². The minimum absolute atomic E-state index is 0.0499. The lowest BCUT2D eigenvalue weighted by molar-refractivity contribution is -0.143. The molecule has 3 aromatic carbocycles. The Bertz CT molecular complexity index is 3880. The summed E-state index contributed by atoms with van der Waals surface area (Å²) in [6.07, 6.45) is 9.75. The van der Waals surface area contributed by atoms with Crippen molar-refractivity contribution in [1.29, 1.82) is 0 Å². The van der Waals surface area contributed by atoms with Gasteiger partial charge in [0.15, 0.2) is 0 Å². The van der Waals surface area contributed by atoms with Gasteiger partial charge >= 0.3 is 0 Å². The number of aliphatic hydroxyl groups excluding tert-OH is 1. The summed E-state index contributed by atoms with van der Waals surface area (Å²) in [5.41, 5.74) is 7.60. The fraction of sp³-hybridized carbons (Fsp3) is 0.381. The van der Waals surface area contributed by atoms with Gasteiger partial charge in [-0.1, -0.05) is 48.5 Å². The van der Waals surface area contributed by atoms with Crippen molar-refractivity contribution in [2.45, 2.75) is 131 Å². The number of aromatic nitrogens is 6. The van der Waals surface area contributed by atoms with Gasteiger partial charge in [-0.3, -0.25) is 52.7 Å². The fourth-order valence-corrected chi connectivity index (χ4v) is 11.9. The van der Waals surface area contributed by atoms with E-state index in [0.717, 1.165) is 10.9 Å². The second-order valence-electron chi connectivity index (χ2n) is 23.5. The number of amides is 11. The first kappa shape index (κ1) is 65.1. The Balaban J connectivity index is 0.874. The smallest absolute Gasteiger partial charge is 0.246 e. The van der Waals surface area contributed by atoms with E-state index in [0.29, 0.717) is 51.8 Å². The average molecular weight is 1280 g/mol. The van der Waals surface area contributed by atoms with E-state index in [1.807, 2.05) is 24.3 Å². The number of aromatic amines is 4. The molecule has 7 aromatic rings. The van der Waals surface area contributed by atoms with E-state index < -0.39 is 126 Å². The lowest BCUT2D eigenvalue weighted by atomic mass is 9.75. The highest BCUT2D eigenvalue weighted by Crippen LogP contribution is 2.33. The number of carbonyl (C=O) groups is 11. The second kappa shape index (κ2) is 29.4. The summed E-state index contributed by atoms with van der Waals surface area (Å²) in [6, 6.07) is 9.72. The van der Waals surface area contributed by atoms with E-state index in [1.54, 1.807) is 48.8 Å². The first-order chi connectivity index (χ1) is 44.8. The van der Waals surface area contributed by atoms with Crippen molar-refractivity contribution >= 4 is 86.8 Å².